The standard InChI is InChI=1S/C20H27NO/c1-3-21(4-2)10-11-22-20(14-8-6-5-7-9-14)18-15-12-16-17(13-15)19(16)18/h5-9,15-17,19H,3-4,10-13H2,1-2H3/b20-18+/t15?,16-,17+,19?. The Morgan fingerprint density at radius 2 is 1.77 bits per heavy atom. The van der Waals surface area contributed by atoms with Crippen LogP contribution in [0.3, 0.4) is 0 Å². The Labute approximate surface area is 134 Å². The fourth-order valence-electron chi connectivity index (χ4n) is 4.90. The molecule has 22 heavy (non-hydrogen) atoms. The molecule has 0 N–H and O–H groups in total. The highest BCUT2D eigenvalue weighted by Crippen LogP contribution is 2.74. The van der Waals surface area contributed by atoms with Gasteiger partial charge in [0.1, 0.15) is 12.4 Å². The zero-order valence-electron chi connectivity index (χ0n) is 13.8. The van der Waals surface area contributed by atoms with Gasteiger partial charge in [-0.3, -0.25) is 0 Å². The number of ether oxygens (including phenoxy) is 1. The minimum absolute atomic E-state index is 0.810. The van der Waals surface area contributed by atoms with Crippen molar-refractivity contribution in [1.82, 2.24) is 4.90 Å². The summed E-state index contributed by atoms with van der Waals surface area (Å²) in [6.07, 6.45) is 2.86. The molecule has 0 amide bonds. The Balaban J connectivity index is 1.54. The molecule has 4 atom stereocenters. The number of benzene rings is 1. The Bertz CT molecular complexity index is 544. The number of rotatable bonds is 7. The van der Waals surface area contributed by atoms with Gasteiger partial charge in [-0.25, -0.2) is 0 Å². The van der Waals surface area contributed by atoms with E-state index in [4.69, 9.17) is 4.74 Å². The van der Waals surface area contributed by atoms with E-state index in [1.807, 2.05) is 0 Å². The number of nitrogens with zero attached hydrogens (tertiary/aromatic N) is 1. The first-order valence-electron chi connectivity index (χ1n) is 8.98. The molecule has 2 unspecified atom stereocenters. The molecule has 118 valence electrons. The highest BCUT2D eigenvalue weighted by atomic mass is 16.5. The largest absolute Gasteiger partial charge is 0.492 e. The maximum Gasteiger partial charge on any atom is 0.126 e. The van der Waals surface area contributed by atoms with E-state index in [-0.39, 0.29) is 0 Å². The van der Waals surface area contributed by atoms with Crippen molar-refractivity contribution in [1.29, 1.82) is 0 Å². The summed E-state index contributed by atoms with van der Waals surface area (Å²) in [5.41, 5.74) is 2.95. The topological polar surface area (TPSA) is 12.5 Å². The van der Waals surface area contributed by atoms with Crippen molar-refractivity contribution in [3.8, 4) is 0 Å². The molecule has 0 heterocycles. The Kier molecular flexibility index (Phi) is 3.73. The van der Waals surface area contributed by atoms with Gasteiger partial charge < -0.3 is 9.64 Å². The van der Waals surface area contributed by atoms with E-state index in [1.54, 1.807) is 5.57 Å². The third kappa shape index (κ3) is 2.28. The number of likely N-dealkylation sites (N-methyl/N-ethyl adjacent to an activating group) is 1. The third-order valence-corrected chi connectivity index (χ3v) is 6.09. The fourth-order valence-corrected chi connectivity index (χ4v) is 4.90. The molecule has 2 heteroatoms. The minimum Gasteiger partial charge on any atom is -0.492 e. The summed E-state index contributed by atoms with van der Waals surface area (Å²) in [5, 5.41) is 0. The molecule has 4 saturated carbocycles. The third-order valence-electron chi connectivity index (χ3n) is 6.09. The Hall–Kier alpha value is -1.28. The molecule has 0 radical (unpaired) electrons. The van der Waals surface area contributed by atoms with Crippen molar-refractivity contribution in [2.75, 3.05) is 26.2 Å². The SMILES string of the molecule is CCN(CC)CCO/C(=C1\C2C[C@@H]3C1[C@@H]3C2)c1ccccc1. The van der Waals surface area contributed by atoms with Crippen LogP contribution in [0.4, 0.5) is 0 Å². The van der Waals surface area contributed by atoms with Crippen LogP contribution >= 0.6 is 0 Å². The predicted octanol–water partition coefficient (Wildman–Crippen LogP) is 4.04. The average molecular weight is 297 g/mol. The van der Waals surface area contributed by atoms with Crippen molar-refractivity contribution in [3.05, 3.63) is 41.5 Å². The molecule has 2 nitrogen and oxygen atoms in total. The fraction of sp³-hybridized carbons (Fsp3) is 0.600. The van der Waals surface area contributed by atoms with Crippen LogP contribution in [0.2, 0.25) is 0 Å². The summed E-state index contributed by atoms with van der Waals surface area (Å²) in [6, 6.07) is 10.8. The van der Waals surface area contributed by atoms with Crippen LogP contribution in [-0.4, -0.2) is 31.1 Å². The van der Waals surface area contributed by atoms with E-state index >= 15 is 0 Å². The van der Waals surface area contributed by atoms with Crippen LogP contribution in [0, 0.1) is 23.7 Å². The van der Waals surface area contributed by atoms with Gasteiger partial charge in [-0.1, -0.05) is 44.2 Å². The molecule has 4 aliphatic rings. The van der Waals surface area contributed by atoms with E-state index in [0.29, 0.717) is 0 Å². The maximum absolute atomic E-state index is 6.38. The zero-order chi connectivity index (χ0) is 15.1. The summed E-state index contributed by atoms with van der Waals surface area (Å²) in [6.45, 7) is 8.49. The Morgan fingerprint density at radius 3 is 2.32 bits per heavy atom. The lowest BCUT2D eigenvalue weighted by Gasteiger charge is -2.21. The van der Waals surface area contributed by atoms with Crippen LogP contribution in [0.25, 0.3) is 5.76 Å². The normalized spacial score (nSPS) is 33.4. The molecular weight excluding hydrogens is 270 g/mol. The smallest absolute Gasteiger partial charge is 0.126 e. The van der Waals surface area contributed by atoms with Crippen molar-refractivity contribution in [3.63, 3.8) is 0 Å². The molecule has 0 aliphatic heterocycles. The van der Waals surface area contributed by atoms with Gasteiger partial charge in [0.15, 0.2) is 0 Å². The number of hydrogen-bond donors (Lipinski definition) is 0. The molecule has 0 aromatic heterocycles. The van der Waals surface area contributed by atoms with Gasteiger partial charge in [0, 0.05) is 12.1 Å². The average Bonchev–Trinajstić information content (AvgIpc) is 2.93. The second-order valence-electron chi connectivity index (χ2n) is 7.05. The van der Waals surface area contributed by atoms with Crippen molar-refractivity contribution in [2.45, 2.75) is 26.7 Å². The summed E-state index contributed by atoms with van der Waals surface area (Å²) in [5.74, 6) is 4.93. The van der Waals surface area contributed by atoms with E-state index in [1.165, 1.54) is 24.2 Å². The molecule has 5 rings (SSSR count). The monoisotopic (exact) mass is 297 g/mol. The maximum atomic E-state index is 6.38. The van der Waals surface area contributed by atoms with E-state index in [2.05, 4.69) is 49.1 Å². The molecular formula is C20H27NO. The highest BCUT2D eigenvalue weighted by molar-refractivity contribution is 5.67. The van der Waals surface area contributed by atoms with Crippen molar-refractivity contribution < 1.29 is 4.74 Å². The van der Waals surface area contributed by atoms with E-state index in [9.17, 15) is 0 Å². The molecule has 4 bridgehead atoms. The summed E-state index contributed by atoms with van der Waals surface area (Å²) in [7, 11) is 0. The van der Waals surface area contributed by atoms with Crippen LogP contribution in [0.5, 0.6) is 0 Å². The molecule has 4 fully saturated rings. The Morgan fingerprint density at radius 1 is 1.09 bits per heavy atom. The second kappa shape index (κ2) is 5.73. The lowest BCUT2D eigenvalue weighted by atomic mass is 10.0. The van der Waals surface area contributed by atoms with Crippen LogP contribution in [0.15, 0.2) is 35.9 Å². The van der Waals surface area contributed by atoms with E-state index < -0.39 is 0 Å². The van der Waals surface area contributed by atoms with Crippen LogP contribution < -0.4 is 0 Å². The van der Waals surface area contributed by atoms with Gasteiger partial charge >= 0.3 is 0 Å². The number of allylic oxidation sites excluding steroid dienone is 1. The summed E-state index contributed by atoms with van der Waals surface area (Å²) in [4.78, 5) is 2.43. The first kappa shape index (κ1) is 14.3. The lowest BCUT2D eigenvalue weighted by Crippen LogP contribution is -2.27. The van der Waals surface area contributed by atoms with E-state index in [0.717, 1.165) is 49.9 Å². The molecule has 4 aliphatic carbocycles. The second-order valence-corrected chi connectivity index (χ2v) is 7.05. The highest BCUT2D eigenvalue weighted by Gasteiger charge is 2.66. The van der Waals surface area contributed by atoms with Crippen LogP contribution in [-0.2, 0) is 4.74 Å². The van der Waals surface area contributed by atoms with Gasteiger partial charge in [0.05, 0.1) is 0 Å². The number of hydrogen-bond acceptors (Lipinski definition) is 2. The quantitative estimate of drug-likeness (QED) is 0.704. The predicted molar refractivity (Wildman–Crippen MR) is 90.3 cm³/mol. The van der Waals surface area contributed by atoms with Gasteiger partial charge in [-0.15, -0.1) is 0 Å². The van der Waals surface area contributed by atoms with Gasteiger partial charge in [0.2, 0.25) is 0 Å². The van der Waals surface area contributed by atoms with Gasteiger partial charge in [-0.2, -0.15) is 0 Å². The van der Waals surface area contributed by atoms with Crippen molar-refractivity contribution >= 4 is 5.76 Å². The van der Waals surface area contributed by atoms with Gasteiger partial charge in [0.25, 0.3) is 0 Å². The first-order valence-corrected chi connectivity index (χ1v) is 8.98. The molecule has 0 saturated heterocycles. The minimum atomic E-state index is 0.810. The summed E-state index contributed by atoms with van der Waals surface area (Å²) < 4.78 is 6.38. The molecule has 1 aromatic carbocycles. The zero-order valence-corrected chi connectivity index (χ0v) is 13.8. The van der Waals surface area contributed by atoms with Crippen LogP contribution in [0.1, 0.15) is 32.3 Å². The summed E-state index contributed by atoms with van der Waals surface area (Å²) >= 11 is 0. The molecule has 0 spiro atoms. The molecule has 1 aromatic rings. The lowest BCUT2D eigenvalue weighted by molar-refractivity contribution is 0.200. The van der Waals surface area contributed by atoms with Gasteiger partial charge in [-0.05, 0) is 55.2 Å². The first-order chi connectivity index (χ1) is 10.8. The van der Waals surface area contributed by atoms with Crippen molar-refractivity contribution in [2.24, 2.45) is 23.7 Å².